The van der Waals surface area contributed by atoms with Crippen LogP contribution in [0, 0.1) is 0 Å². The quantitative estimate of drug-likeness (QED) is 0.882. The number of thiophene rings is 1. The van der Waals surface area contributed by atoms with E-state index in [-0.39, 0.29) is 11.9 Å². The van der Waals surface area contributed by atoms with Crippen molar-refractivity contribution < 1.29 is 14.3 Å². The van der Waals surface area contributed by atoms with Gasteiger partial charge in [0.15, 0.2) is 5.06 Å². The molecule has 26 heavy (non-hydrogen) atoms. The van der Waals surface area contributed by atoms with Gasteiger partial charge in [-0.1, -0.05) is 11.3 Å². The molecule has 7 nitrogen and oxygen atoms in total. The lowest BCUT2D eigenvalue weighted by atomic mass is 10.1. The van der Waals surface area contributed by atoms with Crippen LogP contribution in [0.1, 0.15) is 33.8 Å². The second-order valence-corrected chi connectivity index (χ2v) is 7.55. The number of rotatable bonds is 4. The van der Waals surface area contributed by atoms with Crippen LogP contribution in [-0.2, 0) is 17.8 Å². The molecule has 1 amide bonds. The topological polar surface area (TPSA) is 76.6 Å². The van der Waals surface area contributed by atoms with E-state index in [4.69, 9.17) is 14.5 Å². The molecule has 2 aromatic heterocycles. The zero-order valence-corrected chi connectivity index (χ0v) is 15.6. The first-order valence-corrected chi connectivity index (χ1v) is 9.67. The smallest absolute Gasteiger partial charge is 0.261 e. The minimum absolute atomic E-state index is 0.0261. The third-order valence-electron chi connectivity index (χ3n) is 4.80. The average molecular weight is 374 g/mol. The van der Waals surface area contributed by atoms with Crippen LogP contribution >= 0.6 is 11.3 Å². The largest absolute Gasteiger partial charge is 0.487 e. The van der Waals surface area contributed by atoms with Crippen LogP contribution in [-0.4, -0.2) is 48.7 Å². The highest BCUT2D eigenvalue weighted by Gasteiger charge is 2.24. The van der Waals surface area contributed by atoms with E-state index >= 15 is 0 Å². The van der Waals surface area contributed by atoms with Crippen LogP contribution in [0.2, 0.25) is 0 Å². The summed E-state index contributed by atoms with van der Waals surface area (Å²) >= 11 is 1.37. The van der Waals surface area contributed by atoms with Crippen molar-refractivity contribution in [2.24, 2.45) is 0 Å². The molecule has 2 aliphatic heterocycles. The molecule has 0 spiro atoms. The van der Waals surface area contributed by atoms with Gasteiger partial charge in [-0.25, -0.2) is 9.97 Å². The van der Waals surface area contributed by atoms with Gasteiger partial charge in [-0.15, -0.1) is 0 Å². The molecule has 1 saturated heterocycles. The molecule has 0 unspecified atom stereocenters. The van der Waals surface area contributed by atoms with Gasteiger partial charge in [-0.2, -0.15) is 0 Å². The predicted octanol–water partition coefficient (Wildman–Crippen LogP) is 2.02. The maximum Gasteiger partial charge on any atom is 0.261 e. The molecule has 0 atom stereocenters. The number of amides is 1. The molecule has 138 valence electrons. The van der Waals surface area contributed by atoms with Crippen molar-refractivity contribution in [1.82, 2.24) is 15.3 Å². The number of anilines is 1. The van der Waals surface area contributed by atoms with Crippen molar-refractivity contribution in [2.45, 2.75) is 31.9 Å². The predicted molar refractivity (Wildman–Crippen MR) is 99.0 cm³/mol. The first-order chi connectivity index (χ1) is 12.7. The number of ether oxygens (including phenoxy) is 2. The van der Waals surface area contributed by atoms with Gasteiger partial charge < -0.3 is 19.7 Å². The highest BCUT2D eigenvalue weighted by atomic mass is 32.1. The monoisotopic (exact) mass is 374 g/mol. The maximum atomic E-state index is 12.3. The van der Waals surface area contributed by atoms with Gasteiger partial charge >= 0.3 is 0 Å². The third kappa shape index (κ3) is 3.66. The molecule has 0 radical (unpaired) electrons. The Bertz CT molecular complexity index is 786. The Morgan fingerprint density at radius 1 is 1.38 bits per heavy atom. The van der Waals surface area contributed by atoms with Gasteiger partial charge in [0.2, 0.25) is 5.95 Å². The van der Waals surface area contributed by atoms with E-state index in [2.05, 4.69) is 15.2 Å². The van der Waals surface area contributed by atoms with E-state index in [1.54, 1.807) is 13.2 Å². The van der Waals surface area contributed by atoms with Crippen molar-refractivity contribution in [3.8, 4) is 5.06 Å². The Morgan fingerprint density at radius 3 is 3.00 bits per heavy atom. The van der Waals surface area contributed by atoms with Gasteiger partial charge in [0.1, 0.15) is 0 Å². The van der Waals surface area contributed by atoms with Crippen molar-refractivity contribution in [3.05, 3.63) is 34.5 Å². The second kappa shape index (κ2) is 7.59. The summed E-state index contributed by atoms with van der Waals surface area (Å²) in [7, 11) is 1.61. The highest BCUT2D eigenvalue weighted by molar-refractivity contribution is 7.15. The van der Waals surface area contributed by atoms with E-state index in [9.17, 15) is 4.79 Å². The third-order valence-corrected chi connectivity index (χ3v) is 5.85. The Hall–Kier alpha value is -2.19. The molecule has 4 heterocycles. The van der Waals surface area contributed by atoms with Gasteiger partial charge in [0.05, 0.1) is 30.9 Å². The number of nitrogens with one attached hydrogen (secondary N) is 1. The van der Waals surface area contributed by atoms with E-state index < -0.39 is 0 Å². The summed E-state index contributed by atoms with van der Waals surface area (Å²) in [5.41, 5.74) is 2.19. The normalized spacial score (nSPS) is 17.7. The zero-order chi connectivity index (χ0) is 17.9. The molecule has 1 N–H and O–H groups in total. The lowest BCUT2D eigenvalue weighted by molar-refractivity contribution is 0.0935. The summed E-state index contributed by atoms with van der Waals surface area (Å²) in [5, 5.41) is 3.88. The molecule has 1 fully saturated rings. The molecule has 0 saturated carbocycles. The Kier molecular flexibility index (Phi) is 5.03. The standard InChI is InChI=1S/C18H22N4O3S/c1-24-16-3-2-15(26-16)17(23)20-13-4-7-22(8-5-13)18-19-10-12-11-25-9-6-14(12)21-18/h2-3,10,13H,4-9,11H2,1H3,(H,20,23). The Labute approximate surface area is 156 Å². The fourth-order valence-electron chi connectivity index (χ4n) is 3.30. The van der Waals surface area contributed by atoms with E-state index in [0.717, 1.165) is 61.2 Å². The lowest BCUT2D eigenvalue weighted by Crippen LogP contribution is -2.45. The van der Waals surface area contributed by atoms with Crippen LogP contribution in [0.5, 0.6) is 5.06 Å². The first-order valence-electron chi connectivity index (χ1n) is 8.85. The molecule has 4 rings (SSSR count). The van der Waals surface area contributed by atoms with Crippen LogP contribution in [0.25, 0.3) is 0 Å². The fourth-order valence-corrected chi connectivity index (χ4v) is 4.03. The number of carbonyl (C=O) groups is 1. The van der Waals surface area contributed by atoms with Crippen molar-refractivity contribution >= 4 is 23.2 Å². The van der Waals surface area contributed by atoms with E-state index in [1.807, 2.05) is 12.3 Å². The SMILES string of the molecule is COc1ccc(C(=O)NC2CCN(c3ncc4c(n3)CCOC4)CC2)s1. The summed E-state index contributed by atoms with van der Waals surface area (Å²) in [5.74, 6) is 0.764. The lowest BCUT2D eigenvalue weighted by Gasteiger charge is -2.32. The number of carbonyl (C=O) groups excluding carboxylic acids is 1. The van der Waals surface area contributed by atoms with Gasteiger partial charge in [0.25, 0.3) is 5.91 Å². The number of aromatic nitrogens is 2. The molecular weight excluding hydrogens is 352 g/mol. The van der Waals surface area contributed by atoms with Crippen LogP contribution < -0.4 is 15.0 Å². The minimum atomic E-state index is -0.0261. The number of hydrogen-bond acceptors (Lipinski definition) is 7. The highest BCUT2D eigenvalue weighted by Crippen LogP contribution is 2.24. The summed E-state index contributed by atoms with van der Waals surface area (Å²) in [6.45, 7) is 3.02. The van der Waals surface area contributed by atoms with E-state index in [1.165, 1.54) is 11.3 Å². The van der Waals surface area contributed by atoms with Crippen molar-refractivity contribution in [3.63, 3.8) is 0 Å². The molecule has 0 bridgehead atoms. The molecule has 0 aromatic carbocycles. The van der Waals surface area contributed by atoms with Crippen LogP contribution in [0.3, 0.4) is 0 Å². The number of nitrogens with zero attached hydrogens (tertiary/aromatic N) is 3. The Morgan fingerprint density at radius 2 is 2.23 bits per heavy atom. The summed E-state index contributed by atoms with van der Waals surface area (Å²) < 4.78 is 10.6. The maximum absolute atomic E-state index is 12.3. The number of methoxy groups -OCH3 is 1. The number of piperidine rings is 1. The van der Waals surface area contributed by atoms with Crippen LogP contribution in [0.4, 0.5) is 5.95 Å². The molecular formula is C18H22N4O3S. The molecule has 0 aliphatic carbocycles. The van der Waals surface area contributed by atoms with Gasteiger partial charge in [-0.05, 0) is 25.0 Å². The van der Waals surface area contributed by atoms with Gasteiger partial charge in [0, 0.05) is 37.3 Å². The Balaban J connectivity index is 1.33. The molecule has 2 aromatic rings. The van der Waals surface area contributed by atoms with Gasteiger partial charge in [-0.3, -0.25) is 4.79 Å². The first kappa shape index (κ1) is 17.2. The van der Waals surface area contributed by atoms with Crippen molar-refractivity contribution in [1.29, 1.82) is 0 Å². The van der Waals surface area contributed by atoms with Crippen molar-refractivity contribution in [2.75, 3.05) is 31.7 Å². The second-order valence-electron chi connectivity index (χ2n) is 6.50. The summed E-state index contributed by atoms with van der Waals surface area (Å²) in [6, 6.07) is 3.80. The molecule has 2 aliphatic rings. The summed E-state index contributed by atoms with van der Waals surface area (Å²) in [4.78, 5) is 24.4. The number of hydrogen-bond donors (Lipinski definition) is 1. The fraction of sp³-hybridized carbons (Fsp3) is 0.500. The van der Waals surface area contributed by atoms with E-state index in [0.29, 0.717) is 11.5 Å². The minimum Gasteiger partial charge on any atom is -0.487 e. The summed E-state index contributed by atoms with van der Waals surface area (Å²) in [6.07, 6.45) is 4.51. The zero-order valence-electron chi connectivity index (χ0n) is 14.7. The van der Waals surface area contributed by atoms with Crippen LogP contribution in [0.15, 0.2) is 18.3 Å². The molecule has 8 heteroatoms. The number of fused-ring (bicyclic) bond motifs is 1. The average Bonchev–Trinajstić information content (AvgIpc) is 3.18.